The van der Waals surface area contributed by atoms with Gasteiger partial charge >= 0.3 is 5.97 Å². The lowest BCUT2D eigenvalue weighted by Crippen LogP contribution is -2.07. The van der Waals surface area contributed by atoms with E-state index in [1.807, 2.05) is 37.3 Å². The van der Waals surface area contributed by atoms with Gasteiger partial charge < -0.3 is 13.9 Å². The Hall–Kier alpha value is -3.91. The first kappa shape index (κ1) is 24.2. The van der Waals surface area contributed by atoms with Crippen molar-refractivity contribution in [2.45, 2.75) is 29.6 Å². The number of nitrogens with zero attached hydrogens (tertiary/aromatic N) is 1. The van der Waals surface area contributed by atoms with Crippen LogP contribution >= 0.6 is 0 Å². The van der Waals surface area contributed by atoms with E-state index >= 15 is 0 Å². The molecule has 0 unspecified atom stereocenters. The maximum Gasteiger partial charge on any atom is 0.309 e. The number of methoxy groups -OCH3 is 1. The van der Waals surface area contributed by atoms with Gasteiger partial charge in [0.1, 0.15) is 11.5 Å². The number of hydrogen-bond donors (Lipinski definition) is 0. The zero-order valence-electron chi connectivity index (χ0n) is 19.4. The minimum atomic E-state index is -3.74. The number of benzene rings is 3. The highest BCUT2D eigenvalue weighted by atomic mass is 32.2. The normalized spacial score (nSPS) is 11.3. The molecule has 0 saturated heterocycles. The number of carbonyl (C=O) groups is 1. The Morgan fingerprint density at radius 2 is 1.69 bits per heavy atom. The van der Waals surface area contributed by atoms with Gasteiger partial charge in [-0.05, 0) is 61.0 Å². The summed E-state index contributed by atoms with van der Waals surface area (Å²) in [7, 11) is -2.45. The summed E-state index contributed by atoms with van der Waals surface area (Å²) >= 11 is 0. The van der Waals surface area contributed by atoms with Gasteiger partial charge in [-0.15, -0.1) is 0 Å². The Morgan fingerprint density at radius 3 is 2.40 bits per heavy atom. The van der Waals surface area contributed by atoms with Crippen molar-refractivity contribution in [3.63, 3.8) is 0 Å². The zero-order valence-corrected chi connectivity index (χ0v) is 20.2. The number of aromatic nitrogens is 1. The van der Waals surface area contributed by atoms with Crippen LogP contribution < -0.4 is 4.74 Å². The number of oxazole rings is 1. The summed E-state index contributed by atoms with van der Waals surface area (Å²) in [6, 6.07) is 22.2. The fraction of sp³-hybridized carbons (Fsp3) is 0.185. The minimum Gasteiger partial charge on any atom is -0.493 e. The fourth-order valence-corrected chi connectivity index (χ4v) is 4.87. The second-order valence-corrected chi connectivity index (χ2v) is 9.81. The van der Waals surface area contributed by atoms with Crippen LogP contribution in [0.4, 0.5) is 0 Å². The zero-order chi connectivity index (χ0) is 24.8. The number of carbonyl (C=O) groups excluding carboxylic acids is 1. The molecule has 0 aliphatic rings. The van der Waals surface area contributed by atoms with E-state index in [1.165, 1.54) is 31.4 Å². The quantitative estimate of drug-likeness (QED) is 0.310. The predicted octanol–water partition coefficient (Wildman–Crippen LogP) is 4.82. The molecule has 0 fully saturated rings. The van der Waals surface area contributed by atoms with Crippen molar-refractivity contribution in [3.8, 4) is 17.2 Å². The third kappa shape index (κ3) is 5.78. The molecular formula is C27H25NO6S. The van der Waals surface area contributed by atoms with E-state index in [1.54, 1.807) is 24.3 Å². The van der Waals surface area contributed by atoms with E-state index < -0.39 is 15.8 Å². The second-order valence-electron chi connectivity index (χ2n) is 7.86. The molecule has 0 amide bonds. The Balaban J connectivity index is 1.39. The number of hydrogen-bond acceptors (Lipinski definition) is 7. The first-order chi connectivity index (χ1) is 16.9. The summed E-state index contributed by atoms with van der Waals surface area (Å²) in [6.45, 7) is 2.23. The lowest BCUT2D eigenvalue weighted by molar-refractivity contribution is -0.139. The van der Waals surface area contributed by atoms with Crippen molar-refractivity contribution in [3.05, 3.63) is 95.9 Å². The lowest BCUT2D eigenvalue weighted by Gasteiger charge is -2.09. The first-order valence-electron chi connectivity index (χ1n) is 11.0. The third-order valence-corrected chi connectivity index (χ3v) is 7.21. The molecule has 0 aliphatic heterocycles. The largest absolute Gasteiger partial charge is 0.493 e. The van der Waals surface area contributed by atoms with Gasteiger partial charge in [0.25, 0.3) is 0 Å². The maximum absolute atomic E-state index is 13.0. The number of sulfone groups is 1. The average molecular weight is 492 g/mol. The summed E-state index contributed by atoms with van der Waals surface area (Å²) < 4.78 is 42.3. The Kier molecular flexibility index (Phi) is 7.31. The highest BCUT2D eigenvalue weighted by Crippen LogP contribution is 2.25. The molecule has 0 radical (unpaired) electrons. The SMILES string of the molecule is COC(=O)Cc1cccc(S(=O)(=O)c2ccc(OCCc3nc(-c4ccccc4)oc3C)cc2)c1. The van der Waals surface area contributed by atoms with Gasteiger partial charge in [-0.25, -0.2) is 13.4 Å². The highest BCUT2D eigenvalue weighted by molar-refractivity contribution is 7.91. The van der Waals surface area contributed by atoms with E-state index in [2.05, 4.69) is 9.72 Å². The predicted molar refractivity (Wildman–Crippen MR) is 130 cm³/mol. The molecule has 0 saturated carbocycles. The summed E-state index contributed by atoms with van der Waals surface area (Å²) in [5.41, 5.74) is 2.29. The average Bonchev–Trinajstić information content (AvgIpc) is 3.25. The third-order valence-electron chi connectivity index (χ3n) is 5.44. The fourth-order valence-electron chi connectivity index (χ4n) is 3.54. The first-order valence-corrected chi connectivity index (χ1v) is 12.5. The summed E-state index contributed by atoms with van der Waals surface area (Å²) in [5, 5.41) is 0. The van der Waals surface area contributed by atoms with Crippen LogP contribution in [0.1, 0.15) is 17.0 Å². The number of ether oxygens (including phenoxy) is 2. The molecule has 0 aliphatic carbocycles. The van der Waals surface area contributed by atoms with Crippen molar-refractivity contribution < 1.29 is 27.1 Å². The van der Waals surface area contributed by atoms with E-state index in [9.17, 15) is 13.2 Å². The standard InChI is InChI=1S/C27H25NO6S/c1-19-25(28-27(34-19)21-8-4-3-5-9-21)15-16-33-22-11-13-23(14-12-22)35(30,31)24-10-6-7-20(17-24)18-26(29)32-2/h3-14,17H,15-16,18H2,1-2H3. The van der Waals surface area contributed by atoms with Crippen LogP contribution in [-0.4, -0.2) is 33.1 Å². The van der Waals surface area contributed by atoms with Crippen LogP contribution in [0.3, 0.4) is 0 Å². The van der Waals surface area contributed by atoms with Gasteiger partial charge in [0.05, 0.1) is 35.6 Å². The van der Waals surface area contributed by atoms with Gasteiger partial charge in [-0.2, -0.15) is 0 Å². The molecule has 0 N–H and O–H groups in total. The number of esters is 1. The topological polar surface area (TPSA) is 95.7 Å². The van der Waals surface area contributed by atoms with Crippen molar-refractivity contribution in [1.29, 1.82) is 0 Å². The van der Waals surface area contributed by atoms with Gasteiger partial charge in [0, 0.05) is 12.0 Å². The molecule has 35 heavy (non-hydrogen) atoms. The molecular weight excluding hydrogens is 466 g/mol. The molecule has 3 aromatic carbocycles. The minimum absolute atomic E-state index is 0.00444. The molecule has 8 heteroatoms. The monoisotopic (exact) mass is 491 g/mol. The van der Waals surface area contributed by atoms with Gasteiger partial charge in [-0.1, -0.05) is 30.3 Å². The van der Waals surface area contributed by atoms with Crippen LogP contribution in [0.25, 0.3) is 11.5 Å². The molecule has 180 valence electrons. The van der Waals surface area contributed by atoms with E-state index in [4.69, 9.17) is 9.15 Å². The van der Waals surface area contributed by atoms with Crippen molar-refractivity contribution >= 4 is 15.8 Å². The van der Waals surface area contributed by atoms with Crippen LogP contribution in [0, 0.1) is 6.92 Å². The Morgan fingerprint density at radius 1 is 0.943 bits per heavy atom. The molecule has 0 bridgehead atoms. The molecule has 1 heterocycles. The molecule has 4 aromatic rings. The number of aryl methyl sites for hydroxylation is 1. The molecule has 4 rings (SSSR count). The number of rotatable bonds is 9. The van der Waals surface area contributed by atoms with Gasteiger partial charge in [0.15, 0.2) is 0 Å². The van der Waals surface area contributed by atoms with Crippen LogP contribution in [-0.2, 0) is 32.2 Å². The van der Waals surface area contributed by atoms with E-state index in [0.29, 0.717) is 30.2 Å². The van der Waals surface area contributed by atoms with Gasteiger partial charge in [0.2, 0.25) is 15.7 Å². The van der Waals surface area contributed by atoms with Crippen LogP contribution in [0.5, 0.6) is 5.75 Å². The Labute approximate surface area is 204 Å². The Bertz CT molecular complexity index is 1410. The molecule has 0 atom stereocenters. The molecule has 1 aromatic heterocycles. The molecule has 0 spiro atoms. The molecule has 7 nitrogen and oxygen atoms in total. The summed E-state index contributed by atoms with van der Waals surface area (Å²) in [4.78, 5) is 16.3. The maximum atomic E-state index is 13.0. The van der Waals surface area contributed by atoms with Crippen LogP contribution in [0.2, 0.25) is 0 Å². The smallest absolute Gasteiger partial charge is 0.309 e. The van der Waals surface area contributed by atoms with E-state index in [0.717, 1.165) is 17.0 Å². The van der Waals surface area contributed by atoms with E-state index in [-0.39, 0.29) is 16.2 Å². The van der Waals surface area contributed by atoms with Crippen LogP contribution in [0.15, 0.2) is 93.1 Å². The van der Waals surface area contributed by atoms with Crippen molar-refractivity contribution in [1.82, 2.24) is 4.98 Å². The summed E-state index contributed by atoms with van der Waals surface area (Å²) in [6.07, 6.45) is 0.555. The second kappa shape index (κ2) is 10.6. The summed E-state index contributed by atoms with van der Waals surface area (Å²) in [5.74, 6) is 1.43. The van der Waals surface area contributed by atoms with Gasteiger partial charge in [-0.3, -0.25) is 4.79 Å². The highest BCUT2D eigenvalue weighted by Gasteiger charge is 2.19. The van der Waals surface area contributed by atoms with Crippen molar-refractivity contribution in [2.24, 2.45) is 0 Å². The lowest BCUT2D eigenvalue weighted by atomic mass is 10.1. The van der Waals surface area contributed by atoms with Crippen molar-refractivity contribution in [2.75, 3.05) is 13.7 Å².